The van der Waals surface area contributed by atoms with Gasteiger partial charge in [0.1, 0.15) is 6.34 Å². The van der Waals surface area contributed by atoms with Gasteiger partial charge in [-0.25, -0.2) is 0 Å². The van der Waals surface area contributed by atoms with Crippen LogP contribution >= 0.6 is 15.9 Å². The Labute approximate surface area is 50.5 Å². The van der Waals surface area contributed by atoms with E-state index in [1.165, 1.54) is 0 Å². The van der Waals surface area contributed by atoms with E-state index in [1.807, 2.05) is 11.9 Å². The maximum Gasteiger partial charge on any atom is 0.172 e. The molecule has 0 amide bonds. The highest BCUT2D eigenvalue weighted by molar-refractivity contribution is 9.09. The maximum absolute atomic E-state index is 3.75. The van der Waals surface area contributed by atoms with Crippen LogP contribution < -0.4 is 5.43 Å². The highest BCUT2D eigenvalue weighted by Gasteiger charge is 2.08. The molecule has 40 valence electrons. The van der Waals surface area contributed by atoms with Crippen molar-refractivity contribution in [3.8, 4) is 0 Å². The molecule has 4 heteroatoms. The lowest BCUT2D eigenvalue weighted by Gasteiger charge is -2.09. The molecule has 1 N–H and O–H groups in total. The van der Waals surface area contributed by atoms with Crippen LogP contribution in [-0.4, -0.2) is 23.4 Å². The molecule has 0 fully saturated rings. The Hall–Kier alpha value is -0.250. The molecule has 1 heterocycles. The molecule has 1 aliphatic heterocycles. The minimum absolute atomic E-state index is 0.187. The van der Waals surface area contributed by atoms with Gasteiger partial charge in [-0.3, -0.25) is 5.43 Å². The van der Waals surface area contributed by atoms with Crippen LogP contribution in [0.15, 0.2) is 5.10 Å². The molecule has 0 saturated carbocycles. The molecule has 0 aromatic heterocycles. The van der Waals surface area contributed by atoms with Gasteiger partial charge < -0.3 is 4.90 Å². The van der Waals surface area contributed by atoms with Gasteiger partial charge in [0, 0.05) is 7.05 Å². The van der Waals surface area contributed by atoms with Crippen LogP contribution in [0.1, 0.15) is 0 Å². The van der Waals surface area contributed by atoms with Crippen LogP contribution in [0.4, 0.5) is 0 Å². The first-order valence-electron chi connectivity index (χ1n) is 1.95. The van der Waals surface area contributed by atoms with Crippen molar-refractivity contribution in [2.45, 2.75) is 5.08 Å². The highest BCUT2D eigenvalue weighted by atomic mass is 79.9. The van der Waals surface area contributed by atoms with E-state index < -0.39 is 0 Å². The fourth-order valence-corrected chi connectivity index (χ4v) is 0.559. The van der Waals surface area contributed by atoms with Crippen molar-refractivity contribution in [3.05, 3.63) is 0 Å². The average Bonchev–Trinajstić information content (AvgIpc) is 1.91. The molecule has 0 saturated heterocycles. The minimum Gasteiger partial charge on any atom is -0.334 e. The summed E-state index contributed by atoms with van der Waals surface area (Å²) < 4.78 is 0. The smallest absolute Gasteiger partial charge is 0.172 e. The quantitative estimate of drug-likeness (QED) is 0.407. The number of hydrogen-bond donors (Lipinski definition) is 1. The molecule has 0 aromatic rings. The van der Waals surface area contributed by atoms with Gasteiger partial charge in [0.05, 0.1) is 0 Å². The lowest BCUT2D eigenvalue weighted by atomic mass is 10.9. The van der Waals surface area contributed by atoms with Crippen LogP contribution in [0.3, 0.4) is 0 Å². The fraction of sp³-hybridized carbons (Fsp3) is 0.667. The molecule has 1 atom stereocenters. The normalized spacial score (nSPS) is 28.3. The Morgan fingerprint density at radius 2 is 2.71 bits per heavy atom. The number of hydrazone groups is 1. The molecule has 3 nitrogen and oxygen atoms in total. The zero-order chi connectivity index (χ0) is 5.28. The molecule has 0 spiro atoms. The zero-order valence-electron chi connectivity index (χ0n) is 3.93. The van der Waals surface area contributed by atoms with Gasteiger partial charge in [-0.15, -0.1) is 0 Å². The van der Waals surface area contributed by atoms with E-state index in [0.29, 0.717) is 0 Å². The lowest BCUT2D eigenvalue weighted by Crippen LogP contribution is -2.26. The van der Waals surface area contributed by atoms with Crippen molar-refractivity contribution >= 4 is 22.3 Å². The number of nitrogens with one attached hydrogen (secondary N) is 1. The summed E-state index contributed by atoms with van der Waals surface area (Å²) in [5.74, 6) is 0. The summed E-state index contributed by atoms with van der Waals surface area (Å²) in [5.41, 5.74) is 2.78. The SMILES string of the molecule is CN1C=NNC1Br. The summed E-state index contributed by atoms with van der Waals surface area (Å²) in [6.45, 7) is 0. The van der Waals surface area contributed by atoms with Gasteiger partial charge in [-0.1, -0.05) is 0 Å². The summed E-state index contributed by atoms with van der Waals surface area (Å²) in [4.78, 5) is 1.92. The predicted molar refractivity (Wildman–Crippen MR) is 32.1 cm³/mol. The molecule has 0 aromatic carbocycles. The monoisotopic (exact) mass is 163 g/mol. The highest BCUT2D eigenvalue weighted by Crippen LogP contribution is 2.01. The molecule has 1 aliphatic rings. The Balaban J connectivity index is 2.45. The minimum atomic E-state index is 0.187. The molecular weight excluding hydrogens is 158 g/mol. The predicted octanol–water partition coefficient (Wildman–Crippen LogP) is 0.143. The third-order valence-electron chi connectivity index (χ3n) is 0.779. The molecule has 0 bridgehead atoms. The Kier molecular flexibility index (Phi) is 1.19. The van der Waals surface area contributed by atoms with E-state index in [2.05, 4.69) is 26.5 Å². The second kappa shape index (κ2) is 1.69. The number of halogens is 1. The van der Waals surface area contributed by atoms with Crippen LogP contribution in [0.5, 0.6) is 0 Å². The number of hydrogen-bond acceptors (Lipinski definition) is 3. The lowest BCUT2D eigenvalue weighted by molar-refractivity contribution is 0.480. The van der Waals surface area contributed by atoms with Crippen molar-refractivity contribution in [2.75, 3.05) is 7.05 Å². The molecule has 0 radical (unpaired) electrons. The van der Waals surface area contributed by atoms with Gasteiger partial charge in [-0.2, -0.15) is 5.10 Å². The second-order valence-electron chi connectivity index (χ2n) is 1.37. The summed E-state index contributed by atoms with van der Waals surface area (Å²) in [6.07, 6.45) is 1.72. The first kappa shape index (κ1) is 4.90. The number of alkyl halides is 1. The van der Waals surface area contributed by atoms with Crippen LogP contribution in [-0.2, 0) is 0 Å². The summed E-state index contributed by atoms with van der Waals surface area (Å²) in [5, 5.41) is 3.94. The van der Waals surface area contributed by atoms with E-state index in [-0.39, 0.29) is 5.08 Å². The van der Waals surface area contributed by atoms with Crippen LogP contribution in [0.25, 0.3) is 0 Å². The van der Waals surface area contributed by atoms with Gasteiger partial charge in [0.2, 0.25) is 0 Å². The molecule has 1 rings (SSSR count). The molecule has 1 unspecified atom stereocenters. The average molecular weight is 164 g/mol. The third kappa shape index (κ3) is 0.851. The summed E-state index contributed by atoms with van der Waals surface area (Å²) >= 11 is 3.29. The molecule has 7 heavy (non-hydrogen) atoms. The summed E-state index contributed by atoms with van der Waals surface area (Å²) in [6, 6.07) is 0. The third-order valence-corrected chi connectivity index (χ3v) is 1.63. The van der Waals surface area contributed by atoms with Crippen LogP contribution in [0.2, 0.25) is 0 Å². The molecular formula is C3H6BrN3. The Morgan fingerprint density at radius 3 is 2.86 bits per heavy atom. The van der Waals surface area contributed by atoms with Gasteiger partial charge in [-0.05, 0) is 15.9 Å². The van der Waals surface area contributed by atoms with Gasteiger partial charge in [0.25, 0.3) is 0 Å². The van der Waals surface area contributed by atoms with Crippen molar-refractivity contribution in [2.24, 2.45) is 5.10 Å². The van der Waals surface area contributed by atoms with Gasteiger partial charge >= 0.3 is 0 Å². The maximum atomic E-state index is 3.75. The van der Waals surface area contributed by atoms with Crippen molar-refractivity contribution < 1.29 is 0 Å². The summed E-state index contributed by atoms with van der Waals surface area (Å²) in [7, 11) is 1.93. The first-order chi connectivity index (χ1) is 3.30. The fourth-order valence-electron chi connectivity index (χ4n) is 0.336. The first-order valence-corrected chi connectivity index (χ1v) is 2.87. The largest absolute Gasteiger partial charge is 0.334 e. The Morgan fingerprint density at radius 1 is 2.00 bits per heavy atom. The number of nitrogens with zero attached hydrogens (tertiary/aromatic N) is 2. The van der Waals surface area contributed by atoms with E-state index in [1.54, 1.807) is 6.34 Å². The van der Waals surface area contributed by atoms with Crippen LogP contribution in [0, 0.1) is 0 Å². The van der Waals surface area contributed by atoms with Crippen molar-refractivity contribution in [1.82, 2.24) is 10.3 Å². The van der Waals surface area contributed by atoms with Gasteiger partial charge in [0.15, 0.2) is 5.08 Å². The van der Waals surface area contributed by atoms with E-state index in [4.69, 9.17) is 0 Å². The van der Waals surface area contributed by atoms with Crippen molar-refractivity contribution in [3.63, 3.8) is 0 Å². The number of rotatable bonds is 0. The standard InChI is InChI=1S/C3H6BrN3/c1-7-2-5-6-3(7)4/h2-3,6H,1H3. The van der Waals surface area contributed by atoms with E-state index in [0.717, 1.165) is 0 Å². The Bertz CT molecular complexity index is 92.2. The van der Waals surface area contributed by atoms with E-state index in [9.17, 15) is 0 Å². The molecule has 0 aliphatic carbocycles. The van der Waals surface area contributed by atoms with Crippen molar-refractivity contribution in [1.29, 1.82) is 0 Å². The topological polar surface area (TPSA) is 27.6 Å². The zero-order valence-corrected chi connectivity index (χ0v) is 5.51. The van der Waals surface area contributed by atoms with E-state index >= 15 is 0 Å². The second-order valence-corrected chi connectivity index (χ2v) is 2.24.